The zero-order valence-corrected chi connectivity index (χ0v) is 14.1. The number of carbonyl (C=O) groups is 1. The monoisotopic (exact) mass is 356 g/mol. The lowest BCUT2D eigenvalue weighted by Gasteiger charge is -2.12. The number of benzene rings is 2. The standard InChI is InChI=1S/C19H14ClFN2O2/c1-12-6-5-9-14(17-15(21)10-22-19(20)23-17)16(12)18(24)25-11-13-7-3-2-4-8-13/h2-10H,11H2,1H3. The molecule has 2 aromatic carbocycles. The summed E-state index contributed by atoms with van der Waals surface area (Å²) >= 11 is 5.77. The predicted molar refractivity (Wildman–Crippen MR) is 92.7 cm³/mol. The van der Waals surface area contributed by atoms with E-state index in [0.717, 1.165) is 11.8 Å². The van der Waals surface area contributed by atoms with Gasteiger partial charge in [-0.3, -0.25) is 0 Å². The number of aromatic nitrogens is 2. The summed E-state index contributed by atoms with van der Waals surface area (Å²) in [4.78, 5) is 20.1. The number of nitrogens with zero attached hydrogens (tertiary/aromatic N) is 2. The number of halogens is 2. The fraction of sp³-hybridized carbons (Fsp3) is 0.105. The van der Waals surface area contributed by atoms with Gasteiger partial charge in [0.1, 0.15) is 12.3 Å². The van der Waals surface area contributed by atoms with Crippen LogP contribution in [0.5, 0.6) is 0 Å². The summed E-state index contributed by atoms with van der Waals surface area (Å²) in [5, 5.41) is -0.0958. The molecule has 0 aliphatic rings. The highest BCUT2D eigenvalue weighted by molar-refractivity contribution is 6.28. The Kier molecular flexibility index (Phi) is 5.05. The Morgan fingerprint density at radius 2 is 1.92 bits per heavy atom. The van der Waals surface area contributed by atoms with E-state index in [1.807, 2.05) is 30.3 Å². The maximum Gasteiger partial charge on any atom is 0.339 e. The number of carbonyl (C=O) groups excluding carboxylic acids is 1. The minimum absolute atomic E-state index is 0.0321. The fourth-order valence-corrected chi connectivity index (χ4v) is 2.60. The summed E-state index contributed by atoms with van der Waals surface area (Å²) in [7, 11) is 0. The largest absolute Gasteiger partial charge is 0.457 e. The molecule has 25 heavy (non-hydrogen) atoms. The van der Waals surface area contributed by atoms with Gasteiger partial charge in [-0.15, -0.1) is 0 Å². The lowest BCUT2D eigenvalue weighted by molar-refractivity contribution is 0.0473. The van der Waals surface area contributed by atoms with Crippen LogP contribution in [0.4, 0.5) is 4.39 Å². The van der Waals surface area contributed by atoms with Crippen LogP contribution < -0.4 is 0 Å². The lowest BCUT2D eigenvalue weighted by Crippen LogP contribution is -2.10. The molecule has 0 fully saturated rings. The van der Waals surface area contributed by atoms with E-state index in [9.17, 15) is 9.18 Å². The molecule has 0 atom stereocenters. The van der Waals surface area contributed by atoms with Gasteiger partial charge in [0.2, 0.25) is 5.28 Å². The highest BCUT2D eigenvalue weighted by Crippen LogP contribution is 2.28. The first-order chi connectivity index (χ1) is 12.1. The number of ether oxygens (including phenoxy) is 1. The van der Waals surface area contributed by atoms with E-state index in [-0.39, 0.29) is 23.1 Å². The van der Waals surface area contributed by atoms with Crippen molar-refractivity contribution in [1.29, 1.82) is 0 Å². The van der Waals surface area contributed by atoms with Crippen LogP contribution in [-0.4, -0.2) is 15.9 Å². The van der Waals surface area contributed by atoms with Gasteiger partial charge in [-0.25, -0.2) is 19.2 Å². The first-order valence-electron chi connectivity index (χ1n) is 7.55. The van der Waals surface area contributed by atoms with Crippen LogP contribution in [0, 0.1) is 12.7 Å². The van der Waals surface area contributed by atoms with Crippen LogP contribution >= 0.6 is 11.6 Å². The SMILES string of the molecule is Cc1cccc(-c2nc(Cl)ncc2F)c1C(=O)OCc1ccccc1. The van der Waals surface area contributed by atoms with Gasteiger partial charge in [0.05, 0.1) is 11.8 Å². The molecule has 0 saturated heterocycles. The van der Waals surface area contributed by atoms with Gasteiger partial charge in [0.15, 0.2) is 5.82 Å². The minimum atomic E-state index is -0.660. The normalized spacial score (nSPS) is 10.5. The molecule has 6 heteroatoms. The van der Waals surface area contributed by atoms with Crippen molar-refractivity contribution in [2.75, 3.05) is 0 Å². The molecular formula is C19H14ClFN2O2. The third-order valence-electron chi connectivity index (χ3n) is 3.66. The Labute approximate surface area is 149 Å². The summed E-state index contributed by atoms with van der Waals surface area (Å²) in [6.45, 7) is 1.88. The third kappa shape index (κ3) is 3.83. The van der Waals surface area contributed by atoms with E-state index >= 15 is 0 Å². The minimum Gasteiger partial charge on any atom is -0.457 e. The number of aryl methyl sites for hydroxylation is 1. The van der Waals surface area contributed by atoms with Crippen molar-refractivity contribution in [2.45, 2.75) is 13.5 Å². The maximum atomic E-state index is 14.1. The van der Waals surface area contributed by atoms with E-state index < -0.39 is 11.8 Å². The van der Waals surface area contributed by atoms with Gasteiger partial charge in [-0.2, -0.15) is 0 Å². The first-order valence-corrected chi connectivity index (χ1v) is 7.93. The Bertz CT molecular complexity index is 917. The molecule has 0 radical (unpaired) electrons. The van der Waals surface area contributed by atoms with Gasteiger partial charge in [0, 0.05) is 5.56 Å². The molecule has 1 aromatic heterocycles. The topological polar surface area (TPSA) is 52.1 Å². The highest BCUT2D eigenvalue weighted by atomic mass is 35.5. The van der Waals surface area contributed by atoms with E-state index in [0.29, 0.717) is 11.1 Å². The van der Waals surface area contributed by atoms with Crippen molar-refractivity contribution in [3.8, 4) is 11.3 Å². The molecule has 3 rings (SSSR count). The molecule has 1 heterocycles. The summed E-state index contributed by atoms with van der Waals surface area (Å²) in [5.74, 6) is -1.21. The highest BCUT2D eigenvalue weighted by Gasteiger charge is 2.20. The molecule has 0 bridgehead atoms. The molecule has 0 spiro atoms. The van der Waals surface area contributed by atoms with Crippen LogP contribution in [-0.2, 0) is 11.3 Å². The summed E-state index contributed by atoms with van der Waals surface area (Å²) in [6.07, 6.45) is 0.978. The second-order valence-corrected chi connectivity index (χ2v) is 5.73. The van der Waals surface area contributed by atoms with Crippen LogP contribution in [0.15, 0.2) is 54.7 Å². The van der Waals surface area contributed by atoms with E-state index in [1.54, 1.807) is 25.1 Å². The van der Waals surface area contributed by atoms with Crippen molar-refractivity contribution >= 4 is 17.6 Å². The second kappa shape index (κ2) is 7.40. The third-order valence-corrected chi connectivity index (χ3v) is 3.84. The average molecular weight is 357 g/mol. The van der Waals surface area contributed by atoms with Crippen LogP contribution in [0.25, 0.3) is 11.3 Å². The molecular weight excluding hydrogens is 343 g/mol. The molecule has 0 amide bonds. The summed E-state index contributed by atoms with van der Waals surface area (Å²) < 4.78 is 19.5. The van der Waals surface area contributed by atoms with Crippen molar-refractivity contribution in [2.24, 2.45) is 0 Å². The Hall–Kier alpha value is -2.79. The van der Waals surface area contributed by atoms with Gasteiger partial charge in [-0.1, -0.05) is 48.5 Å². The molecule has 0 aliphatic carbocycles. The van der Waals surface area contributed by atoms with Crippen molar-refractivity contribution < 1.29 is 13.9 Å². The number of hydrogen-bond donors (Lipinski definition) is 0. The summed E-state index contributed by atoms with van der Waals surface area (Å²) in [5.41, 5.74) is 2.06. The number of hydrogen-bond acceptors (Lipinski definition) is 4. The lowest BCUT2D eigenvalue weighted by atomic mass is 9.99. The van der Waals surface area contributed by atoms with Gasteiger partial charge in [0.25, 0.3) is 0 Å². The number of esters is 1. The quantitative estimate of drug-likeness (QED) is 0.506. The zero-order valence-electron chi connectivity index (χ0n) is 13.4. The fourth-order valence-electron chi connectivity index (χ4n) is 2.47. The second-order valence-electron chi connectivity index (χ2n) is 5.39. The first kappa shape index (κ1) is 17.0. The molecule has 0 unspecified atom stereocenters. The van der Waals surface area contributed by atoms with Gasteiger partial charge < -0.3 is 4.74 Å². The molecule has 0 N–H and O–H groups in total. The molecule has 3 aromatic rings. The Morgan fingerprint density at radius 1 is 1.16 bits per heavy atom. The predicted octanol–water partition coefficient (Wildman–Crippen LogP) is 4.60. The van der Waals surface area contributed by atoms with Gasteiger partial charge in [-0.05, 0) is 29.7 Å². The van der Waals surface area contributed by atoms with Crippen molar-refractivity contribution in [3.05, 3.63) is 82.5 Å². The number of rotatable bonds is 4. The van der Waals surface area contributed by atoms with Gasteiger partial charge >= 0.3 is 5.97 Å². The molecule has 126 valence electrons. The van der Waals surface area contributed by atoms with Crippen molar-refractivity contribution in [1.82, 2.24) is 9.97 Å². The Balaban J connectivity index is 1.96. The molecule has 0 aliphatic heterocycles. The smallest absolute Gasteiger partial charge is 0.339 e. The average Bonchev–Trinajstić information content (AvgIpc) is 2.62. The molecule has 0 saturated carbocycles. The maximum absolute atomic E-state index is 14.1. The zero-order chi connectivity index (χ0) is 17.8. The van der Waals surface area contributed by atoms with Crippen LogP contribution in [0.2, 0.25) is 5.28 Å². The Morgan fingerprint density at radius 3 is 2.68 bits per heavy atom. The van der Waals surface area contributed by atoms with E-state index in [2.05, 4.69) is 9.97 Å². The summed E-state index contributed by atoms with van der Waals surface area (Å²) in [6, 6.07) is 14.4. The van der Waals surface area contributed by atoms with Crippen molar-refractivity contribution in [3.63, 3.8) is 0 Å². The van der Waals surface area contributed by atoms with E-state index in [4.69, 9.17) is 16.3 Å². The van der Waals surface area contributed by atoms with E-state index in [1.165, 1.54) is 0 Å². The molecule has 4 nitrogen and oxygen atoms in total. The van der Waals surface area contributed by atoms with Crippen LogP contribution in [0.3, 0.4) is 0 Å². The van der Waals surface area contributed by atoms with Crippen LogP contribution in [0.1, 0.15) is 21.5 Å².